The summed E-state index contributed by atoms with van der Waals surface area (Å²) in [6, 6.07) is 11.8. The van der Waals surface area contributed by atoms with E-state index in [9.17, 15) is 9.18 Å². The zero-order valence-corrected chi connectivity index (χ0v) is 14.2. The summed E-state index contributed by atoms with van der Waals surface area (Å²) in [5, 5.41) is 0. The van der Waals surface area contributed by atoms with Gasteiger partial charge in [-0.05, 0) is 42.8 Å². The Balaban J connectivity index is 1.51. The lowest BCUT2D eigenvalue weighted by atomic mass is 10.1. The van der Waals surface area contributed by atoms with Gasteiger partial charge in [-0.2, -0.15) is 0 Å². The van der Waals surface area contributed by atoms with Crippen LogP contribution >= 0.6 is 0 Å². The summed E-state index contributed by atoms with van der Waals surface area (Å²) in [5.74, 6) is 0.693. The van der Waals surface area contributed by atoms with Gasteiger partial charge in [0, 0.05) is 43.0 Å². The minimum absolute atomic E-state index is 0.140. The Morgan fingerprint density at radius 2 is 1.92 bits per heavy atom. The summed E-state index contributed by atoms with van der Waals surface area (Å²) in [6.45, 7) is 2.51. The predicted molar refractivity (Wildman–Crippen MR) is 97.1 cm³/mol. The van der Waals surface area contributed by atoms with Gasteiger partial charge in [0.2, 0.25) is 0 Å². The second kappa shape index (κ2) is 7.17. The van der Waals surface area contributed by atoms with Crippen molar-refractivity contribution in [1.29, 1.82) is 0 Å². The highest BCUT2D eigenvalue weighted by Gasteiger charge is 2.26. The van der Waals surface area contributed by atoms with E-state index in [-0.39, 0.29) is 17.3 Å². The molecule has 0 saturated carbocycles. The molecular formula is C20H19FN4O. The molecule has 1 saturated heterocycles. The number of rotatable bonds is 4. The molecule has 1 atom stereocenters. The minimum atomic E-state index is -0.220. The molecule has 132 valence electrons. The molecule has 1 aromatic carbocycles. The van der Waals surface area contributed by atoms with E-state index in [1.54, 1.807) is 12.4 Å². The van der Waals surface area contributed by atoms with Gasteiger partial charge in [0.15, 0.2) is 0 Å². The van der Waals surface area contributed by atoms with Crippen LogP contribution < -0.4 is 5.56 Å². The van der Waals surface area contributed by atoms with Crippen LogP contribution in [-0.4, -0.2) is 32.9 Å². The van der Waals surface area contributed by atoms with Crippen LogP contribution in [-0.2, 0) is 6.54 Å². The van der Waals surface area contributed by atoms with Gasteiger partial charge < -0.3 is 4.98 Å². The highest BCUT2D eigenvalue weighted by molar-refractivity contribution is 5.57. The first-order valence-electron chi connectivity index (χ1n) is 8.66. The Kier molecular flexibility index (Phi) is 4.58. The molecule has 1 unspecified atom stereocenters. The molecule has 0 amide bonds. The third-order valence-corrected chi connectivity index (χ3v) is 4.71. The molecule has 0 aliphatic carbocycles. The molecule has 0 bridgehead atoms. The number of likely N-dealkylation sites (tertiary alicyclic amines) is 1. The predicted octanol–water partition coefficient (Wildman–Crippen LogP) is 2.96. The van der Waals surface area contributed by atoms with Crippen molar-refractivity contribution in [2.45, 2.75) is 18.9 Å². The van der Waals surface area contributed by atoms with Crippen molar-refractivity contribution in [3.05, 3.63) is 82.4 Å². The monoisotopic (exact) mass is 350 g/mol. The van der Waals surface area contributed by atoms with Crippen LogP contribution in [0.4, 0.5) is 4.39 Å². The number of aromatic nitrogens is 3. The fourth-order valence-electron chi connectivity index (χ4n) is 3.39. The van der Waals surface area contributed by atoms with E-state index in [0.29, 0.717) is 5.69 Å². The van der Waals surface area contributed by atoms with Crippen LogP contribution in [0.2, 0.25) is 0 Å². The minimum Gasteiger partial charge on any atom is -0.310 e. The number of aromatic amines is 1. The topological polar surface area (TPSA) is 61.9 Å². The van der Waals surface area contributed by atoms with E-state index in [1.165, 1.54) is 18.2 Å². The maximum Gasteiger partial charge on any atom is 0.251 e. The van der Waals surface area contributed by atoms with Crippen LogP contribution in [0.3, 0.4) is 0 Å². The molecule has 26 heavy (non-hydrogen) atoms. The maximum absolute atomic E-state index is 13.0. The van der Waals surface area contributed by atoms with Gasteiger partial charge in [0.05, 0.1) is 5.69 Å². The Bertz CT molecular complexity index is 940. The number of hydrogen-bond acceptors (Lipinski definition) is 4. The van der Waals surface area contributed by atoms with E-state index >= 15 is 0 Å². The van der Waals surface area contributed by atoms with Crippen LogP contribution in [0.15, 0.2) is 59.7 Å². The summed E-state index contributed by atoms with van der Waals surface area (Å²) in [5.41, 5.74) is 2.49. The summed E-state index contributed by atoms with van der Waals surface area (Å²) in [7, 11) is 0. The Hall–Kier alpha value is -2.86. The molecule has 1 aliphatic rings. The van der Waals surface area contributed by atoms with Crippen LogP contribution in [0.1, 0.15) is 23.7 Å². The number of halogens is 1. The number of H-pyrrole nitrogens is 1. The molecule has 2 aromatic heterocycles. The molecule has 0 radical (unpaired) electrons. The molecule has 3 aromatic rings. The Labute approximate surface area is 150 Å². The average molecular weight is 350 g/mol. The van der Waals surface area contributed by atoms with Gasteiger partial charge in [-0.1, -0.05) is 12.1 Å². The van der Waals surface area contributed by atoms with Gasteiger partial charge in [-0.15, -0.1) is 0 Å². The summed E-state index contributed by atoms with van der Waals surface area (Å²) >= 11 is 0. The number of nitrogens with zero attached hydrogens (tertiary/aromatic N) is 3. The molecule has 5 nitrogen and oxygen atoms in total. The molecule has 1 fully saturated rings. The first-order chi connectivity index (χ1) is 12.7. The molecule has 3 heterocycles. The van der Waals surface area contributed by atoms with Crippen molar-refractivity contribution in [2.24, 2.45) is 0 Å². The van der Waals surface area contributed by atoms with Crippen molar-refractivity contribution in [1.82, 2.24) is 19.9 Å². The van der Waals surface area contributed by atoms with Crippen LogP contribution in [0.25, 0.3) is 11.3 Å². The fourth-order valence-corrected chi connectivity index (χ4v) is 3.39. The number of nitrogens with one attached hydrogen (secondary N) is 1. The van der Waals surface area contributed by atoms with Crippen LogP contribution in [0.5, 0.6) is 0 Å². The molecule has 1 N–H and O–H groups in total. The van der Waals surface area contributed by atoms with Crippen molar-refractivity contribution < 1.29 is 4.39 Å². The van der Waals surface area contributed by atoms with Gasteiger partial charge in [-0.25, -0.2) is 9.37 Å². The zero-order chi connectivity index (χ0) is 17.9. The third-order valence-electron chi connectivity index (χ3n) is 4.71. The van der Waals surface area contributed by atoms with E-state index in [2.05, 4.69) is 19.9 Å². The summed E-state index contributed by atoms with van der Waals surface area (Å²) in [4.78, 5) is 26.0. The van der Waals surface area contributed by atoms with Crippen molar-refractivity contribution in [3.63, 3.8) is 0 Å². The molecule has 1 aliphatic heterocycles. The van der Waals surface area contributed by atoms with Crippen molar-refractivity contribution in [2.75, 3.05) is 13.1 Å². The summed E-state index contributed by atoms with van der Waals surface area (Å²) in [6.07, 6.45) is 4.32. The average Bonchev–Trinajstić information content (AvgIpc) is 3.12. The normalized spacial score (nSPS) is 17.5. The second-order valence-electron chi connectivity index (χ2n) is 6.60. The lowest BCUT2D eigenvalue weighted by molar-refractivity contribution is 0.325. The van der Waals surface area contributed by atoms with E-state index in [4.69, 9.17) is 0 Å². The van der Waals surface area contributed by atoms with Gasteiger partial charge in [0.1, 0.15) is 11.6 Å². The lowest BCUT2D eigenvalue weighted by Gasteiger charge is -2.16. The summed E-state index contributed by atoms with van der Waals surface area (Å²) < 4.78 is 13.0. The van der Waals surface area contributed by atoms with E-state index in [0.717, 1.165) is 43.0 Å². The maximum atomic E-state index is 13.0. The largest absolute Gasteiger partial charge is 0.310 e. The van der Waals surface area contributed by atoms with Crippen molar-refractivity contribution >= 4 is 0 Å². The third kappa shape index (κ3) is 3.70. The first-order valence-corrected chi connectivity index (χ1v) is 8.66. The number of pyridine rings is 1. The van der Waals surface area contributed by atoms with Crippen LogP contribution in [0, 0.1) is 5.82 Å². The SMILES string of the molecule is O=c1cc(-c2ccncc2)nc(C2CCN(Cc3ccc(F)cc3)C2)[nH]1. The Morgan fingerprint density at radius 1 is 1.15 bits per heavy atom. The van der Waals surface area contributed by atoms with Gasteiger partial charge in [-0.3, -0.25) is 14.7 Å². The zero-order valence-electron chi connectivity index (χ0n) is 14.2. The smallest absolute Gasteiger partial charge is 0.251 e. The highest BCUT2D eigenvalue weighted by atomic mass is 19.1. The van der Waals surface area contributed by atoms with Gasteiger partial charge >= 0.3 is 0 Å². The Morgan fingerprint density at radius 3 is 2.69 bits per heavy atom. The number of hydrogen-bond donors (Lipinski definition) is 1. The first kappa shape index (κ1) is 16.6. The molecule has 0 spiro atoms. The lowest BCUT2D eigenvalue weighted by Crippen LogP contribution is -2.21. The highest BCUT2D eigenvalue weighted by Crippen LogP contribution is 2.26. The molecule has 6 heteroatoms. The molecule has 4 rings (SSSR count). The van der Waals surface area contributed by atoms with Gasteiger partial charge in [0.25, 0.3) is 5.56 Å². The van der Waals surface area contributed by atoms with E-state index < -0.39 is 0 Å². The molecular weight excluding hydrogens is 331 g/mol. The van der Waals surface area contributed by atoms with Crippen molar-refractivity contribution in [3.8, 4) is 11.3 Å². The number of benzene rings is 1. The standard InChI is InChI=1S/C20H19FN4O/c21-17-3-1-14(2-4-17)12-25-10-7-16(13-25)20-23-18(11-19(26)24-20)15-5-8-22-9-6-15/h1-6,8-9,11,16H,7,10,12-13H2,(H,23,24,26). The van der Waals surface area contributed by atoms with E-state index in [1.807, 2.05) is 24.3 Å². The quantitative estimate of drug-likeness (QED) is 0.786. The second-order valence-corrected chi connectivity index (χ2v) is 6.60. The fraction of sp³-hybridized carbons (Fsp3) is 0.250.